The highest BCUT2D eigenvalue weighted by atomic mass is 32.1. The van der Waals surface area contributed by atoms with Crippen molar-refractivity contribution in [1.29, 1.82) is 0 Å². The number of nitro benzene ring substituents is 1. The van der Waals surface area contributed by atoms with Crippen LogP contribution in [0.5, 0.6) is 0 Å². The number of hydrogen-bond donors (Lipinski definition) is 1. The molecule has 3 amide bonds. The van der Waals surface area contributed by atoms with Crippen molar-refractivity contribution in [2.24, 2.45) is 0 Å². The van der Waals surface area contributed by atoms with Crippen molar-refractivity contribution in [3.05, 3.63) is 91.4 Å². The Morgan fingerprint density at radius 2 is 1.85 bits per heavy atom. The number of amides is 3. The molecule has 0 saturated carbocycles. The van der Waals surface area contributed by atoms with Gasteiger partial charge in [-0.05, 0) is 18.1 Å². The highest BCUT2D eigenvalue weighted by molar-refractivity contribution is 7.09. The third kappa shape index (κ3) is 5.12. The maximum atomic E-state index is 12.5. The van der Waals surface area contributed by atoms with Crippen LogP contribution in [0.15, 0.2) is 53.9 Å². The van der Waals surface area contributed by atoms with Crippen LogP contribution in [0.4, 0.5) is 5.69 Å². The van der Waals surface area contributed by atoms with Gasteiger partial charge in [-0.3, -0.25) is 29.4 Å². The first kappa shape index (κ1) is 22.3. The fourth-order valence-corrected chi connectivity index (χ4v) is 4.38. The third-order valence-electron chi connectivity index (χ3n) is 5.21. The summed E-state index contributed by atoms with van der Waals surface area (Å²) < 4.78 is 0. The van der Waals surface area contributed by atoms with Crippen molar-refractivity contribution in [3.63, 3.8) is 0 Å². The SMILES string of the molecule is O=C(CCCN1C(=O)c2ccc([N+](=O)[O-])cc2C1=O)NCc1csc(Cc2ccccc2)n1. The van der Waals surface area contributed by atoms with Gasteiger partial charge in [-0.25, -0.2) is 4.98 Å². The maximum absolute atomic E-state index is 12.5. The number of imide groups is 1. The van der Waals surface area contributed by atoms with Gasteiger partial charge in [0.1, 0.15) is 0 Å². The Kier molecular flexibility index (Phi) is 6.55. The van der Waals surface area contributed by atoms with E-state index in [2.05, 4.69) is 10.3 Å². The molecule has 1 aromatic heterocycles. The smallest absolute Gasteiger partial charge is 0.270 e. The van der Waals surface area contributed by atoms with Crippen LogP contribution in [0.3, 0.4) is 0 Å². The standard InChI is InChI=1S/C23H20N4O5S/c28-20(24-13-16-14-33-21(25-16)11-15-5-2-1-3-6-15)7-4-10-26-22(29)18-9-8-17(27(31)32)12-19(18)23(26)30/h1-3,5-6,8-9,12,14H,4,7,10-11,13H2,(H,24,28). The van der Waals surface area contributed by atoms with Gasteiger partial charge >= 0.3 is 0 Å². The zero-order valence-electron chi connectivity index (χ0n) is 17.5. The average Bonchev–Trinajstić information content (AvgIpc) is 3.35. The Balaban J connectivity index is 1.23. The first-order chi connectivity index (χ1) is 15.9. The molecule has 0 fully saturated rings. The first-order valence-electron chi connectivity index (χ1n) is 10.3. The number of thiazole rings is 1. The van der Waals surface area contributed by atoms with E-state index in [9.17, 15) is 24.5 Å². The molecular formula is C23H20N4O5S. The van der Waals surface area contributed by atoms with Crippen molar-refractivity contribution in [2.45, 2.75) is 25.8 Å². The summed E-state index contributed by atoms with van der Waals surface area (Å²) in [5.74, 6) is -1.29. The van der Waals surface area contributed by atoms with E-state index in [1.807, 2.05) is 35.7 Å². The summed E-state index contributed by atoms with van der Waals surface area (Å²) in [5.41, 5.74) is 1.87. The molecular weight excluding hydrogens is 444 g/mol. The second-order valence-corrected chi connectivity index (χ2v) is 8.47. The van der Waals surface area contributed by atoms with Crippen molar-refractivity contribution in [1.82, 2.24) is 15.2 Å². The number of fused-ring (bicyclic) bond motifs is 1. The average molecular weight is 465 g/mol. The fourth-order valence-electron chi connectivity index (χ4n) is 3.55. The second kappa shape index (κ2) is 9.70. The molecule has 2 aromatic carbocycles. The molecule has 4 rings (SSSR count). The molecule has 0 atom stereocenters. The van der Waals surface area contributed by atoms with E-state index in [1.54, 1.807) is 11.3 Å². The Labute approximate surface area is 193 Å². The highest BCUT2D eigenvalue weighted by Gasteiger charge is 2.36. The van der Waals surface area contributed by atoms with Gasteiger partial charge in [0, 0.05) is 36.9 Å². The zero-order chi connectivity index (χ0) is 23.4. The number of hydrogen-bond acceptors (Lipinski definition) is 7. The normalized spacial score (nSPS) is 12.7. The summed E-state index contributed by atoms with van der Waals surface area (Å²) in [6, 6.07) is 13.6. The van der Waals surface area contributed by atoms with Gasteiger partial charge in [0.2, 0.25) is 5.91 Å². The monoisotopic (exact) mass is 464 g/mol. The predicted octanol–water partition coefficient (Wildman–Crippen LogP) is 3.33. The van der Waals surface area contributed by atoms with Crippen LogP contribution in [0.1, 0.15) is 49.8 Å². The van der Waals surface area contributed by atoms with Crippen molar-refractivity contribution in [3.8, 4) is 0 Å². The lowest BCUT2D eigenvalue weighted by Crippen LogP contribution is -2.32. The molecule has 1 aliphatic rings. The predicted molar refractivity (Wildman–Crippen MR) is 121 cm³/mol. The summed E-state index contributed by atoms with van der Waals surface area (Å²) in [5, 5.41) is 16.6. The lowest BCUT2D eigenvalue weighted by Gasteiger charge is -2.13. The van der Waals surface area contributed by atoms with Crippen LogP contribution in [-0.2, 0) is 17.8 Å². The van der Waals surface area contributed by atoms with Gasteiger partial charge in [0.05, 0.1) is 33.3 Å². The van der Waals surface area contributed by atoms with Crippen LogP contribution >= 0.6 is 11.3 Å². The zero-order valence-corrected chi connectivity index (χ0v) is 18.3. The topological polar surface area (TPSA) is 123 Å². The van der Waals surface area contributed by atoms with Crippen LogP contribution in [-0.4, -0.2) is 39.1 Å². The molecule has 3 aromatic rings. The van der Waals surface area contributed by atoms with Crippen LogP contribution in [0.25, 0.3) is 0 Å². The van der Waals surface area contributed by atoms with Gasteiger partial charge in [-0.15, -0.1) is 11.3 Å². The number of nitrogens with zero attached hydrogens (tertiary/aromatic N) is 3. The summed E-state index contributed by atoms with van der Waals surface area (Å²) in [4.78, 5) is 53.0. The summed E-state index contributed by atoms with van der Waals surface area (Å²) in [6.45, 7) is 0.367. The maximum Gasteiger partial charge on any atom is 0.270 e. The molecule has 0 unspecified atom stereocenters. The Hall–Kier alpha value is -3.92. The minimum atomic E-state index is -0.613. The van der Waals surface area contributed by atoms with Crippen molar-refractivity contribution < 1.29 is 19.3 Å². The quantitative estimate of drug-likeness (QED) is 0.294. The van der Waals surface area contributed by atoms with E-state index >= 15 is 0 Å². The van der Waals surface area contributed by atoms with Gasteiger partial charge in [0.15, 0.2) is 0 Å². The van der Waals surface area contributed by atoms with Crippen LogP contribution in [0.2, 0.25) is 0 Å². The molecule has 0 bridgehead atoms. The second-order valence-electron chi connectivity index (χ2n) is 7.52. The molecule has 0 saturated heterocycles. The molecule has 1 N–H and O–H groups in total. The number of carbonyl (C=O) groups excluding carboxylic acids is 3. The van der Waals surface area contributed by atoms with E-state index in [1.165, 1.54) is 17.7 Å². The minimum absolute atomic E-state index is 0.0218. The molecule has 33 heavy (non-hydrogen) atoms. The number of nitrogens with one attached hydrogen (secondary N) is 1. The number of carbonyl (C=O) groups is 3. The van der Waals surface area contributed by atoms with Gasteiger partial charge in [-0.1, -0.05) is 30.3 Å². The first-order valence-corrected chi connectivity index (χ1v) is 11.2. The number of benzene rings is 2. The Morgan fingerprint density at radius 1 is 1.09 bits per heavy atom. The van der Waals surface area contributed by atoms with E-state index < -0.39 is 16.7 Å². The van der Waals surface area contributed by atoms with Gasteiger partial charge < -0.3 is 5.32 Å². The molecule has 2 heterocycles. The lowest BCUT2D eigenvalue weighted by atomic mass is 10.1. The van der Waals surface area contributed by atoms with Crippen LogP contribution < -0.4 is 5.32 Å². The number of rotatable bonds is 9. The fraction of sp³-hybridized carbons (Fsp3) is 0.217. The van der Waals surface area contributed by atoms with E-state index in [4.69, 9.17) is 0 Å². The Bertz CT molecular complexity index is 1220. The van der Waals surface area contributed by atoms with E-state index in [0.717, 1.165) is 28.1 Å². The summed E-state index contributed by atoms with van der Waals surface area (Å²) >= 11 is 1.54. The Morgan fingerprint density at radius 3 is 2.61 bits per heavy atom. The van der Waals surface area contributed by atoms with Crippen molar-refractivity contribution >= 4 is 34.7 Å². The molecule has 1 aliphatic heterocycles. The molecule has 168 valence electrons. The number of nitro groups is 1. The van der Waals surface area contributed by atoms with Crippen LogP contribution in [0, 0.1) is 10.1 Å². The molecule has 0 spiro atoms. The summed E-state index contributed by atoms with van der Waals surface area (Å²) in [6.07, 6.45) is 1.16. The highest BCUT2D eigenvalue weighted by Crippen LogP contribution is 2.27. The number of non-ortho nitro benzene ring substituents is 1. The molecule has 0 aliphatic carbocycles. The van der Waals surface area contributed by atoms with E-state index in [-0.39, 0.29) is 42.1 Å². The largest absolute Gasteiger partial charge is 0.350 e. The lowest BCUT2D eigenvalue weighted by molar-refractivity contribution is -0.384. The number of aromatic nitrogens is 1. The summed E-state index contributed by atoms with van der Waals surface area (Å²) in [7, 11) is 0. The third-order valence-corrected chi connectivity index (χ3v) is 6.11. The van der Waals surface area contributed by atoms with Gasteiger partial charge in [-0.2, -0.15) is 0 Å². The minimum Gasteiger partial charge on any atom is -0.350 e. The van der Waals surface area contributed by atoms with E-state index in [0.29, 0.717) is 6.54 Å². The van der Waals surface area contributed by atoms with Gasteiger partial charge in [0.25, 0.3) is 17.5 Å². The molecule has 9 nitrogen and oxygen atoms in total. The van der Waals surface area contributed by atoms with Crippen molar-refractivity contribution in [2.75, 3.05) is 6.54 Å². The molecule has 10 heteroatoms. The molecule has 0 radical (unpaired) electrons.